The summed E-state index contributed by atoms with van der Waals surface area (Å²) in [5.74, 6) is -0.625. The summed E-state index contributed by atoms with van der Waals surface area (Å²) in [5, 5.41) is 0. The first-order valence-electron chi connectivity index (χ1n) is 5.95. The first kappa shape index (κ1) is 15.7. The van der Waals surface area contributed by atoms with Crippen LogP contribution < -0.4 is 0 Å². The summed E-state index contributed by atoms with van der Waals surface area (Å²) in [6.45, 7) is 5.31. The normalized spacial score (nSPS) is 10.9. The Kier molecular flexibility index (Phi) is 5.54. The van der Waals surface area contributed by atoms with Crippen molar-refractivity contribution < 1.29 is 14.3 Å². The minimum Gasteiger partial charge on any atom is -0.459 e. The van der Waals surface area contributed by atoms with E-state index in [1.165, 1.54) is 4.90 Å². The monoisotopic (exact) mass is 327 g/mol. The molecular formula is C14H18BrNO3. The summed E-state index contributed by atoms with van der Waals surface area (Å²) >= 11 is 3.22. The Morgan fingerprint density at radius 3 is 2.26 bits per heavy atom. The van der Waals surface area contributed by atoms with E-state index in [0.717, 1.165) is 0 Å². The second-order valence-electron chi connectivity index (χ2n) is 5.08. The third-order valence-corrected chi connectivity index (χ3v) is 2.80. The maximum absolute atomic E-state index is 12.2. The van der Waals surface area contributed by atoms with Gasteiger partial charge in [0, 0.05) is 5.56 Å². The van der Waals surface area contributed by atoms with Crippen LogP contribution in [0, 0.1) is 0 Å². The Labute approximate surface area is 121 Å². The van der Waals surface area contributed by atoms with Gasteiger partial charge in [0.1, 0.15) is 12.1 Å². The number of hydrogen-bond donors (Lipinski definition) is 0. The van der Waals surface area contributed by atoms with Gasteiger partial charge in [0.15, 0.2) is 0 Å². The molecule has 19 heavy (non-hydrogen) atoms. The van der Waals surface area contributed by atoms with Crippen molar-refractivity contribution in [3.63, 3.8) is 0 Å². The average molecular weight is 328 g/mol. The molecule has 0 radical (unpaired) electrons. The maximum Gasteiger partial charge on any atom is 0.326 e. The Morgan fingerprint density at radius 2 is 1.79 bits per heavy atom. The Bertz CT molecular complexity index is 440. The molecule has 1 rings (SSSR count). The molecule has 0 saturated heterocycles. The zero-order valence-electron chi connectivity index (χ0n) is 11.4. The topological polar surface area (TPSA) is 46.6 Å². The van der Waals surface area contributed by atoms with E-state index >= 15 is 0 Å². The molecule has 1 amide bonds. The second-order valence-corrected chi connectivity index (χ2v) is 5.58. The fraction of sp³-hybridized carbons (Fsp3) is 0.429. The SMILES string of the molecule is CC(C)(C)OC(=O)CN(CBr)C(=O)c1ccccc1. The number of nitrogens with zero attached hydrogens (tertiary/aromatic N) is 1. The van der Waals surface area contributed by atoms with Crippen LogP contribution in [-0.4, -0.2) is 34.4 Å². The summed E-state index contributed by atoms with van der Waals surface area (Å²) in [7, 11) is 0. The van der Waals surface area contributed by atoms with Gasteiger partial charge < -0.3 is 9.64 Å². The lowest BCUT2D eigenvalue weighted by Gasteiger charge is -2.23. The molecule has 104 valence electrons. The predicted octanol–water partition coefficient (Wildman–Crippen LogP) is 2.82. The number of ether oxygens (including phenoxy) is 1. The van der Waals surface area contributed by atoms with Crippen molar-refractivity contribution in [3.8, 4) is 0 Å². The quantitative estimate of drug-likeness (QED) is 0.485. The molecule has 0 aromatic heterocycles. The third kappa shape index (κ3) is 5.42. The molecule has 0 aliphatic rings. The second kappa shape index (κ2) is 6.70. The summed E-state index contributed by atoms with van der Waals surface area (Å²) in [6, 6.07) is 8.84. The smallest absolute Gasteiger partial charge is 0.326 e. The molecule has 0 bridgehead atoms. The standard InChI is InChI=1S/C14H18BrNO3/c1-14(2,3)19-12(17)9-16(10-15)13(18)11-7-5-4-6-8-11/h4-8H,9-10H2,1-3H3. The molecule has 0 fully saturated rings. The van der Waals surface area contributed by atoms with Crippen LogP contribution in [-0.2, 0) is 9.53 Å². The van der Waals surface area contributed by atoms with E-state index < -0.39 is 11.6 Å². The maximum atomic E-state index is 12.2. The number of carbonyl (C=O) groups excluding carboxylic acids is 2. The lowest BCUT2D eigenvalue weighted by Crippen LogP contribution is -2.38. The molecule has 0 N–H and O–H groups in total. The Morgan fingerprint density at radius 1 is 1.21 bits per heavy atom. The van der Waals surface area contributed by atoms with Gasteiger partial charge in [-0.15, -0.1) is 0 Å². The molecule has 1 aromatic rings. The number of carbonyl (C=O) groups is 2. The van der Waals surface area contributed by atoms with Gasteiger partial charge >= 0.3 is 5.97 Å². The van der Waals surface area contributed by atoms with Gasteiger partial charge in [0.05, 0.1) is 5.45 Å². The van der Waals surface area contributed by atoms with E-state index in [-0.39, 0.29) is 17.9 Å². The largest absolute Gasteiger partial charge is 0.459 e. The van der Waals surface area contributed by atoms with Crippen LogP contribution >= 0.6 is 15.9 Å². The van der Waals surface area contributed by atoms with Crippen molar-refractivity contribution in [3.05, 3.63) is 35.9 Å². The van der Waals surface area contributed by atoms with E-state index in [4.69, 9.17) is 4.74 Å². The van der Waals surface area contributed by atoms with Crippen LogP contribution in [0.4, 0.5) is 0 Å². The van der Waals surface area contributed by atoms with Crippen LogP contribution in [0.5, 0.6) is 0 Å². The first-order chi connectivity index (χ1) is 8.83. The molecule has 0 saturated carbocycles. The molecule has 0 spiro atoms. The van der Waals surface area contributed by atoms with Gasteiger partial charge in [-0.3, -0.25) is 9.59 Å². The number of halogens is 1. The lowest BCUT2D eigenvalue weighted by molar-refractivity contribution is -0.155. The van der Waals surface area contributed by atoms with E-state index in [1.54, 1.807) is 45.0 Å². The van der Waals surface area contributed by atoms with Crippen molar-refractivity contribution in [2.45, 2.75) is 26.4 Å². The zero-order chi connectivity index (χ0) is 14.5. The average Bonchev–Trinajstić information content (AvgIpc) is 2.34. The van der Waals surface area contributed by atoms with Gasteiger partial charge in [0.2, 0.25) is 0 Å². The van der Waals surface area contributed by atoms with Crippen molar-refractivity contribution in [1.29, 1.82) is 0 Å². The van der Waals surface area contributed by atoms with Crippen molar-refractivity contribution in [2.75, 3.05) is 12.0 Å². The first-order valence-corrected chi connectivity index (χ1v) is 7.08. The summed E-state index contributed by atoms with van der Waals surface area (Å²) in [6.07, 6.45) is 0. The molecule has 1 aromatic carbocycles. The Balaban J connectivity index is 2.69. The van der Waals surface area contributed by atoms with Crippen molar-refractivity contribution in [2.24, 2.45) is 0 Å². The van der Waals surface area contributed by atoms with E-state index in [9.17, 15) is 9.59 Å². The number of amides is 1. The zero-order valence-corrected chi connectivity index (χ0v) is 12.9. The minimum absolute atomic E-state index is 0.0732. The highest BCUT2D eigenvalue weighted by molar-refractivity contribution is 9.09. The molecule has 5 heteroatoms. The summed E-state index contributed by atoms with van der Waals surface area (Å²) in [4.78, 5) is 25.3. The number of hydrogen-bond acceptors (Lipinski definition) is 3. The fourth-order valence-corrected chi connectivity index (χ4v) is 1.87. The molecule has 0 heterocycles. The van der Waals surface area contributed by atoms with E-state index in [0.29, 0.717) is 5.56 Å². The fourth-order valence-electron chi connectivity index (χ4n) is 1.46. The van der Waals surface area contributed by atoms with Crippen molar-refractivity contribution in [1.82, 2.24) is 4.90 Å². The predicted molar refractivity (Wildman–Crippen MR) is 77.1 cm³/mol. The van der Waals surface area contributed by atoms with Gasteiger partial charge in [-0.05, 0) is 32.9 Å². The van der Waals surface area contributed by atoms with Gasteiger partial charge in [-0.1, -0.05) is 34.1 Å². The lowest BCUT2D eigenvalue weighted by atomic mass is 10.2. The van der Waals surface area contributed by atoms with E-state index in [1.807, 2.05) is 6.07 Å². The summed E-state index contributed by atoms with van der Waals surface area (Å²) in [5.41, 5.74) is 0.274. The highest BCUT2D eigenvalue weighted by Crippen LogP contribution is 2.10. The molecule has 4 nitrogen and oxygen atoms in total. The number of rotatable bonds is 4. The molecular weight excluding hydrogens is 310 g/mol. The molecule has 0 atom stereocenters. The highest BCUT2D eigenvalue weighted by atomic mass is 79.9. The number of esters is 1. The van der Waals surface area contributed by atoms with Crippen LogP contribution in [0.3, 0.4) is 0 Å². The van der Waals surface area contributed by atoms with E-state index in [2.05, 4.69) is 15.9 Å². The minimum atomic E-state index is -0.551. The van der Waals surface area contributed by atoms with Gasteiger partial charge in [-0.2, -0.15) is 0 Å². The Hall–Kier alpha value is -1.36. The molecule has 0 unspecified atom stereocenters. The molecule has 0 aliphatic heterocycles. The number of alkyl halides is 1. The van der Waals surface area contributed by atoms with Crippen LogP contribution in [0.2, 0.25) is 0 Å². The third-order valence-electron chi connectivity index (χ3n) is 2.19. The van der Waals surface area contributed by atoms with Gasteiger partial charge in [0.25, 0.3) is 5.91 Å². The highest BCUT2D eigenvalue weighted by Gasteiger charge is 2.22. The number of benzene rings is 1. The molecule has 0 aliphatic carbocycles. The van der Waals surface area contributed by atoms with Crippen LogP contribution in [0.25, 0.3) is 0 Å². The van der Waals surface area contributed by atoms with Crippen molar-refractivity contribution >= 4 is 27.8 Å². The summed E-state index contributed by atoms with van der Waals surface area (Å²) < 4.78 is 5.20. The van der Waals surface area contributed by atoms with Crippen LogP contribution in [0.15, 0.2) is 30.3 Å². The van der Waals surface area contributed by atoms with Gasteiger partial charge in [-0.25, -0.2) is 0 Å². The van der Waals surface area contributed by atoms with Crippen LogP contribution in [0.1, 0.15) is 31.1 Å².